The normalized spacial score (nSPS) is 12.2. The summed E-state index contributed by atoms with van der Waals surface area (Å²) < 4.78 is 13.8. The number of phenols is 1. The lowest BCUT2D eigenvalue weighted by atomic mass is 10.1. The lowest BCUT2D eigenvalue weighted by Crippen LogP contribution is -2.09. The Bertz CT molecular complexity index is 595. The number of nitrogens with one attached hydrogen (secondary N) is 1. The SMILES string of the molecule is Cc1ccc(NC(C)c2ccc(O)cc2F)c(C)c1. The van der Waals surface area contributed by atoms with Crippen molar-refractivity contribution in [2.24, 2.45) is 0 Å². The van der Waals surface area contributed by atoms with Gasteiger partial charge < -0.3 is 10.4 Å². The molecule has 0 radical (unpaired) electrons. The number of aryl methyl sites for hydroxylation is 2. The Morgan fingerprint density at radius 3 is 2.47 bits per heavy atom. The van der Waals surface area contributed by atoms with Gasteiger partial charge in [-0.15, -0.1) is 0 Å². The van der Waals surface area contributed by atoms with Gasteiger partial charge in [-0.05, 0) is 38.5 Å². The second-order valence-electron chi connectivity index (χ2n) is 4.89. The third-order valence-corrected chi connectivity index (χ3v) is 3.20. The van der Waals surface area contributed by atoms with Gasteiger partial charge in [0.15, 0.2) is 0 Å². The van der Waals surface area contributed by atoms with Crippen molar-refractivity contribution in [1.82, 2.24) is 0 Å². The molecule has 0 fully saturated rings. The molecule has 2 aromatic carbocycles. The highest BCUT2D eigenvalue weighted by atomic mass is 19.1. The van der Waals surface area contributed by atoms with E-state index in [0.717, 1.165) is 17.3 Å². The quantitative estimate of drug-likeness (QED) is 0.860. The van der Waals surface area contributed by atoms with Crippen LogP contribution >= 0.6 is 0 Å². The Labute approximate surface area is 112 Å². The van der Waals surface area contributed by atoms with Gasteiger partial charge in [0.25, 0.3) is 0 Å². The predicted octanol–water partition coefficient (Wildman–Crippen LogP) is 4.32. The molecule has 1 unspecified atom stereocenters. The molecule has 0 bridgehead atoms. The summed E-state index contributed by atoms with van der Waals surface area (Å²) in [6.07, 6.45) is 0. The standard InChI is InChI=1S/C16H18FNO/c1-10-4-7-16(11(2)8-10)18-12(3)14-6-5-13(19)9-15(14)17/h4-9,12,18-19H,1-3H3. The largest absolute Gasteiger partial charge is 0.508 e. The Balaban J connectivity index is 2.23. The number of phenolic OH excluding ortho intramolecular Hbond substituents is 1. The minimum Gasteiger partial charge on any atom is -0.508 e. The molecular formula is C16H18FNO. The van der Waals surface area contributed by atoms with Gasteiger partial charge in [-0.2, -0.15) is 0 Å². The van der Waals surface area contributed by atoms with E-state index in [1.54, 1.807) is 6.07 Å². The zero-order valence-electron chi connectivity index (χ0n) is 11.4. The van der Waals surface area contributed by atoms with E-state index in [-0.39, 0.29) is 11.8 Å². The average molecular weight is 259 g/mol. The number of hydrogen-bond acceptors (Lipinski definition) is 2. The van der Waals surface area contributed by atoms with Crippen LogP contribution in [0.4, 0.5) is 10.1 Å². The van der Waals surface area contributed by atoms with Gasteiger partial charge in [0.05, 0.1) is 6.04 Å². The number of anilines is 1. The van der Waals surface area contributed by atoms with Crippen molar-refractivity contribution in [3.05, 3.63) is 58.9 Å². The second kappa shape index (κ2) is 5.31. The Kier molecular flexibility index (Phi) is 3.74. The zero-order valence-corrected chi connectivity index (χ0v) is 11.4. The van der Waals surface area contributed by atoms with Gasteiger partial charge in [0.1, 0.15) is 11.6 Å². The van der Waals surface area contributed by atoms with Crippen LogP contribution in [0.25, 0.3) is 0 Å². The molecule has 0 heterocycles. The van der Waals surface area contributed by atoms with Crippen molar-refractivity contribution < 1.29 is 9.50 Å². The minimum atomic E-state index is -0.398. The Hall–Kier alpha value is -2.03. The van der Waals surface area contributed by atoms with E-state index in [2.05, 4.69) is 11.4 Å². The third kappa shape index (κ3) is 3.05. The molecule has 0 aliphatic rings. The first-order chi connectivity index (χ1) is 8.97. The summed E-state index contributed by atoms with van der Waals surface area (Å²) in [7, 11) is 0. The molecule has 2 aromatic rings. The maximum atomic E-state index is 13.8. The van der Waals surface area contributed by atoms with Crippen LogP contribution in [0.1, 0.15) is 29.7 Å². The summed E-state index contributed by atoms with van der Waals surface area (Å²) in [5.74, 6) is -0.454. The number of halogens is 1. The lowest BCUT2D eigenvalue weighted by molar-refractivity contribution is 0.467. The molecule has 1 atom stereocenters. The number of benzene rings is 2. The van der Waals surface area contributed by atoms with Crippen LogP contribution in [-0.4, -0.2) is 5.11 Å². The van der Waals surface area contributed by atoms with E-state index >= 15 is 0 Å². The molecule has 2 rings (SSSR count). The molecule has 0 spiro atoms. The molecule has 0 saturated heterocycles. The average Bonchev–Trinajstić information content (AvgIpc) is 2.32. The molecule has 100 valence electrons. The van der Waals surface area contributed by atoms with Crippen LogP contribution < -0.4 is 5.32 Å². The fourth-order valence-electron chi connectivity index (χ4n) is 2.15. The first-order valence-corrected chi connectivity index (χ1v) is 6.29. The van der Waals surface area contributed by atoms with Crippen molar-refractivity contribution >= 4 is 5.69 Å². The third-order valence-electron chi connectivity index (χ3n) is 3.20. The van der Waals surface area contributed by atoms with Crippen LogP contribution in [0.5, 0.6) is 5.75 Å². The Morgan fingerprint density at radius 2 is 1.84 bits per heavy atom. The summed E-state index contributed by atoms with van der Waals surface area (Å²) in [6, 6.07) is 10.2. The van der Waals surface area contributed by atoms with E-state index < -0.39 is 5.82 Å². The second-order valence-corrected chi connectivity index (χ2v) is 4.89. The van der Waals surface area contributed by atoms with Crippen LogP contribution in [-0.2, 0) is 0 Å². The molecule has 0 amide bonds. The molecule has 19 heavy (non-hydrogen) atoms. The first-order valence-electron chi connectivity index (χ1n) is 6.29. The van der Waals surface area contributed by atoms with E-state index in [1.165, 1.54) is 11.6 Å². The van der Waals surface area contributed by atoms with Crippen LogP contribution in [0.2, 0.25) is 0 Å². The van der Waals surface area contributed by atoms with Crippen molar-refractivity contribution in [3.8, 4) is 5.75 Å². The van der Waals surface area contributed by atoms with Crippen LogP contribution in [0.3, 0.4) is 0 Å². The summed E-state index contributed by atoms with van der Waals surface area (Å²) in [6.45, 7) is 5.96. The van der Waals surface area contributed by atoms with Gasteiger partial charge in [0, 0.05) is 17.3 Å². The molecule has 3 heteroatoms. The molecule has 0 aromatic heterocycles. The van der Waals surface area contributed by atoms with Gasteiger partial charge in [-0.25, -0.2) is 4.39 Å². The molecular weight excluding hydrogens is 241 g/mol. The summed E-state index contributed by atoms with van der Waals surface area (Å²) in [5, 5.41) is 12.5. The smallest absolute Gasteiger partial charge is 0.132 e. The molecule has 0 aliphatic heterocycles. The van der Waals surface area contributed by atoms with Gasteiger partial charge in [0.2, 0.25) is 0 Å². The number of hydrogen-bond donors (Lipinski definition) is 2. The number of rotatable bonds is 3. The maximum Gasteiger partial charge on any atom is 0.132 e. The van der Waals surface area contributed by atoms with E-state index in [0.29, 0.717) is 5.56 Å². The summed E-state index contributed by atoms with van der Waals surface area (Å²) in [4.78, 5) is 0. The summed E-state index contributed by atoms with van der Waals surface area (Å²) >= 11 is 0. The topological polar surface area (TPSA) is 32.3 Å². The highest BCUT2D eigenvalue weighted by Crippen LogP contribution is 2.26. The first kappa shape index (κ1) is 13.4. The van der Waals surface area contributed by atoms with Crippen molar-refractivity contribution in [1.29, 1.82) is 0 Å². The molecule has 2 N–H and O–H groups in total. The van der Waals surface area contributed by atoms with Crippen LogP contribution in [0.15, 0.2) is 36.4 Å². The van der Waals surface area contributed by atoms with E-state index in [9.17, 15) is 9.50 Å². The van der Waals surface area contributed by atoms with Crippen LogP contribution in [0, 0.1) is 19.7 Å². The van der Waals surface area contributed by atoms with Gasteiger partial charge in [-0.1, -0.05) is 23.8 Å². The lowest BCUT2D eigenvalue weighted by Gasteiger charge is -2.18. The predicted molar refractivity (Wildman–Crippen MR) is 76.0 cm³/mol. The Morgan fingerprint density at radius 1 is 1.11 bits per heavy atom. The highest BCUT2D eigenvalue weighted by Gasteiger charge is 2.12. The molecule has 0 saturated carbocycles. The van der Waals surface area contributed by atoms with Crippen molar-refractivity contribution in [3.63, 3.8) is 0 Å². The maximum absolute atomic E-state index is 13.8. The fraction of sp³-hybridized carbons (Fsp3) is 0.250. The molecule has 0 aliphatic carbocycles. The van der Waals surface area contributed by atoms with Crippen molar-refractivity contribution in [2.45, 2.75) is 26.8 Å². The van der Waals surface area contributed by atoms with Crippen molar-refractivity contribution in [2.75, 3.05) is 5.32 Å². The number of aromatic hydroxyl groups is 1. The minimum absolute atomic E-state index is 0.0556. The monoisotopic (exact) mass is 259 g/mol. The van der Waals surface area contributed by atoms with Gasteiger partial charge >= 0.3 is 0 Å². The fourth-order valence-corrected chi connectivity index (χ4v) is 2.15. The van der Waals surface area contributed by atoms with E-state index in [4.69, 9.17) is 0 Å². The summed E-state index contributed by atoms with van der Waals surface area (Å²) in [5.41, 5.74) is 3.86. The molecule has 2 nitrogen and oxygen atoms in total. The highest BCUT2D eigenvalue weighted by molar-refractivity contribution is 5.53. The zero-order chi connectivity index (χ0) is 14.0. The van der Waals surface area contributed by atoms with E-state index in [1.807, 2.05) is 32.9 Å². The van der Waals surface area contributed by atoms with Gasteiger partial charge in [-0.3, -0.25) is 0 Å².